The average Bonchev–Trinajstić information content (AvgIpc) is 2.35. The largest absolute Gasteiger partial charge is 0.314 e. The predicted molar refractivity (Wildman–Crippen MR) is 80.0 cm³/mol. The second-order valence-electron chi connectivity index (χ2n) is 4.56. The van der Waals surface area contributed by atoms with Crippen LogP contribution in [0.2, 0.25) is 0 Å². The molecule has 96 valence electrons. The van der Waals surface area contributed by atoms with Crippen molar-refractivity contribution in [2.45, 2.75) is 39.2 Å². The lowest BCUT2D eigenvalue weighted by molar-refractivity contribution is 0.497. The van der Waals surface area contributed by atoms with Crippen molar-refractivity contribution in [3.05, 3.63) is 35.4 Å². The zero-order chi connectivity index (χ0) is 12.5. The second-order valence-corrected chi connectivity index (χ2v) is 5.55. The highest BCUT2D eigenvalue weighted by atomic mass is 32.2. The summed E-state index contributed by atoms with van der Waals surface area (Å²) in [6.45, 7) is 5.57. The highest BCUT2D eigenvalue weighted by Crippen LogP contribution is 2.12. The van der Waals surface area contributed by atoms with Gasteiger partial charge in [0.15, 0.2) is 0 Å². The van der Waals surface area contributed by atoms with Crippen LogP contribution in [0.4, 0.5) is 0 Å². The van der Waals surface area contributed by atoms with E-state index in [-0.39, 0.29) is 0 Å². The zero-order valence-corrected chi connectivity index (χ0v) is 12.1. The van der Waals surface area contributed by atoms with Crippen LogP contribution in [0, 0.1) is 6.92 Å². The van der Waals surface area contributed by atoms with Crippen molar-refractivity contribution in [3.63, 3.8) is 0 Å². The number of nitrogens with one attached hydrogen (secondary N) is 1. The van der Waals surface area contributed by atoms with E-state index in [2.05, 4.69) is 49.7 Å². The Kier molecular flexibility index (Phi) is 7.38. The van der Waals surface area contributed by atoms with E-state index in [9.17, 15) is 0 Å². The molecule has 0 spiro atoms. The highest BCUT2D eigenvalue weighted by molar-refractivity contribution is 7.98. The van der Waals surface area contributed by atoms with Crippen LogP contribution in [-0.2, 0) is 6.42 Å². The van der Waals surface area contributed by atoms with Crippen LogP contribution < -0.4 is 5.32 Å². The Morgan fingerprint density at radius 1 is 1.29 bits per heavy atom. The topological polar surface area (TPSA) is 12.0 Å². The van der Waals surface area contributed by atoms with Gasteiger partial charge in [0.1, 0.15) is 0 Å². The number of hydrogen-bond acceptors (Lipinski definition) is 2. The summed E-state index contributed by atoms with van der Waals surface area (Å²) in [6.07, 6.45) is 5.82. The van der Waals surface area contributed by atoms with Gasteiger partial charge in [0.05, 0.1) is 0 Å². The quantitative estimate of drug-likeness (QED) is 0.757. The standard InChI is InChI=1S/C15H25NS/c1-4-10-16-15(9-11-17-3)12-14-8-6-5-7-13(14)2/h5-8,15-16H,4,9-12H2,1-3H3. The number of aryl methyl sites for hydroxylation is 1. The van der Waals surface area contributed by atoms with Crippen LogP contribution in [0.5, 0.6) is 0 Å². The molecule has 0 heterocycles. The maximum atomic E-state index is 3.67. The van der Waals surface area contributed by atoms with Crippen molar-refractivity contribution in [2.24, 2.45) is 0 Å². The fourth-order valence-corrected chi connectivity index (χ4v) is 2.51. The molecular formula is C15H25NS. The lowest BCUT2D eigenvalue weighted by Gasteiger charge is -2.19. The second kappa shape index (κ2) is 8.60. The molecule has 1 unspecified atom stereocenters. The van der Waals surface area contributed by atoms with Crippen LogP contribution in [0.1, 0.15) is 30.9 Å². The first kappa shape index (κ1) is 14.6. The lowest BCUT2D eigenvalue weighted by Crippen LogP contribution is -2.32. The molecule has 0 saturated carbocycles. The minimum atomic E-state index is 0.628. The summed E-state index contributed by atoms with van der Waals surface area (Å²) in [5.41, 5.74) is 2.90. The summed E-state index contributed by atoms with van der Waals surface area (Å²) in [5, 5.41) is 3.67. The Morgan fingerprint density at radius 3 is 2.71 bits per heavy atom. The van der Waals surface area contributed by atoms with Crippen molar-refractivity contribution in [2.75, 3.05) is 18.6 Å². The van der Waals surface area contributed by atoms with Gasteiger partial charge in [-0.25, -0.2) is 0 Å². The number of benzene rings is 1. The monoisotopic (exact) mass is 251 g/mol. The number of rotatable bonds is 8. The van der Waals surface area contributed by atoms with Gasteiger partial charge in [-0.15, -0.1) is 0 Å². The first-order chi connectivity index (χ1) is 8.27. The lowest BCUT2D eigenvalue weighted by atomic mass is 9.99. The van der Waals surface area contributed by atoms with Gasteiger partial charge < -0.3 is 5.32 Å². The normalized spacial score (nSPS) is 12.6. The Bertz CT molecular complexity index is 304. The molecule has 0 aliphatic carbocycles. The van der Waals surface area contributed by atoms with Gasteiger partial charge in [-0.3, -0.25) is 0 Å². The highest BCUT2D eigenvalue weighted by Gasteiger charge is 2.09. The minimum absolute atomic E-state index is 0.628. The molecule has 17 heavy (non-hydrogen) atoms. The van der Waals surface area contributed by atoms with Crippen molar-refractivity contribution in [3.8, 4) is 0 Å². The fourth-order valence-electron chi connectivity index (χ4n) is 1.99. The Morgan fingerprint density at radius 2 is 2.06 bits per heavy atom. The molecule has 1 rings (SSSR count). The molecule has 0 fully saturated rings. The van der Waals surface area contributed by atoms with Crippen LogP contribution >= 0.6 is 11.8 Å². The first-order valence-corrected chi connectivity index (χ1v) is 7.94. The Labute approximate surface area is 110 Å². The maximum absolute atomic E-state index is 3.67. The predicted octanol–water partition coefficient (Wildman–Crippen LogP) is 3.66. The van der Waals surface area contributed by atoms with Crippen LogP contribution in [-0.4, -0.2) is 24.6 Å². The van der Waals surface area contributed by atoms with Crippen molar-refractivity contribution in [1.82, 2.24) is 5.32 Å². The van der Waals surface area contributed by atoms with E-state index in [1.165, 1.54) is 29.7 Å². The summed E-state index contributed by atoms with van der Waals surface area (Å²) in [4.78, 5) is 0. The molecule has 0 aliphatic heterocycles. The molecule has 1 aromatic carbocycles. The minimum Gasteiger partial charge on any atom is -0.314 e. The zero-order valence-electron chi connectivity index (χ0n) is 11.3. The molecule has 1 atom stereocenters. The molecule has 2 heteroatoms. The van der Waals surface area contributed by atoms with Crippen molar-refractivity contribution < 1.29 is 0 Å². The van der Waals surface area contributed by atoms with Gasteiger partial charge in [-0.1, -0.05) is 31.2 Å². The summed E-state index contributed by atoms with van der Waals surface area (Å²) >= 11 is 1.94. The summed E-state index contributed by atoms with van der Waals surface area (Å²) in [5.74, 6) is 1.24. The summed E-state index contributed by atoms with van der Waals surface area (Å²) in [7, 11) is 0. The molecule has 0 aromatic heterocycles. The molecule has 0 amide bonds. The fraction of sp³-hybridized carbons (Fsp3) is 0.600. The van der Waals surface area contributed by atoms with E-state index in [0.29, 0.717) is 6.04 Å². The van der Waals surface area contributed by atoms with Gasteiger partial charge in [0.2, 0.25) is 0 Å². The van der Waals surface area contributed by atoms with Gasteiger partial charge in [0.25, 0.3) is 0 Å². The van der Waals surface area contributed by atoms with E-state index in [0.717, 1.165) is 13.0 Å². The smallest absolute Gasteiger partial charge is 0.0115 e. The molecule has 0 saturated heterocycles. The van der Waals surface area contributed by atoms with Crippen LogP contribution in [0.25, 0.3) is 0 Å². The number of thioether (sulfide) groups is 1. The average molecular weight is 251 g/mol. The third-order valence-corrected chi connectivity index (χ3v) is 3.72. The van der Waals surface area contributed by atoms with E-state index in [1.54, 1.807) is 0 Å². The Balaban J connectivity index is 2.55. The third kappa shape index (κ3) is 5.60. The molecule has 0 bridgehead atoms. The first-order valence-electron chi connectivity index (χ1n) is 6.54. The van der Waals surface area contributed by atoms with Crippen molar-refractivity contribution in [1.29, 1.82) is 0 Å². The molecule has 1 nitrogen and oxygen atoms in total. The van der Waals surface area contributed by atoms with E-state index in [1.807, 2.05) is 11.8 Å². The molecule has 1 aromatic rings. The van der Waals surface area contributed by atoms with E-state index >= 15 is 0 Å². The van der Waals surface area contributed by atoms with Crippen LogP contribution in [0.3, 0.4) is 0 Å². The molecular weight excluding hydrogens is 226 g/mol. The number of hydrogen-bond donors (Lipinski definition) is 1. The molecule has 0 radical (unpaired) electrons. The van der Waals surface area contributed by atoms with E-state index < -0.39 is 0 Å². The van der Waals surface area contributed by atoms with Gasteiger partial charge >= 0.3 is 0 Å². The van der Waals surface area contributed by atoms with E-state index in [4.69, 9.17) is 0 Å². The maximum Gasteiger partial charge on any atom is 0.0115 e. The van der Waals surface area contributed by atoms with Crippen molar-refractivity contribution >= 4 is 11.8 Å². The summed E-state index contributed by atoms with van der Waals surface area (Å²) < 4.78 is 0. The Hall–Kier alpha value is -0.470. The molecule has 1 N–H and O–H groups in total. The summed E-state index contributed by atoms with van der Waals surface area (Å²) in [6, 6.07) is 9.36. The van der Waals surface area contributed by atoms with Crippen LogP contribution in [0.15, 0.2) is 24.3 Å². The third-order valence-electron chi connectivity index (χ3n) is 3.08. The van der Waals surface area contributed by atoms with Gasteiger partial charge in [0, 0.05) is 6.04 Å². The van der Waals surface area contributed by atoms with Gasteiger partial charge in [-0.05, 0) is 55.9 Å². The SMILES string of the molecule is CCCNC(CCSC)Cc1ccccc1C. The molecule has 0 aliphatic rings. The van der Waals surface area contributed by atoms with Gasteiger partial charge in [-0.2, -0.15) is 11.8 Å².